The van der Waals surface area contributed by atoms with E-state index in [1.165, 1.54) is 12.1 Å². The molecule has 1 aromatic carbocycles. The molecule has 110 valence electrons. The Labute approximate surface area is 124 Å². The zero-order chi connectivity index (χ0) is 15.1. The number of aryl methyl sites for hydroxylation is 1. The van der Waals surface area contributed by atoms with Crippen molar-refractivity contribution in [2.24, 2.45) is 4.99 Å². The number of nitrogens with one attached hydrogen (secondary N) is 2. The summed E-state index contributed by atoms with van der Waals surface area (Å²) in [5.41, 5.74) is 2.94. The van der Waals surface area contributed by atoms with Gasteiger partial charge in [-0.2, -0.15) is 0 Å². The summed E-state index contributed by atoms with van der Waals surface area (Å²) in [5.74, 6) is 0.453. The third kappa shape index (κ3) is 4.87. The van der Waals surface area contributed by atoms with Crippen LogP contribution in [0.5, 0.6) is 0 Å². The Balaban J connectivity index is 1.85. The number of hydrogen-bond donors (Lipinski definition) is 2. The first kappa shape index (κ1) is 15.0. The molecular weight excluding hydrogens is 267 g/mol. The first-order valence-electron chi connectivity index (χ1n) is 6.79. The number of aliphatic imine (C=N–C) groups is 1. The molecule has 2 N–H and O–H groups in total. The molecule has 0 aliphatic carbocycles. The fourth-order valence-corrected chi connectivity index (χ4v) is 1.88. The van der Waals surface area contributed by atoms with E-state index >= 15 is 0 Å². The first-order valence-corrected chi connectivity index (χ1v) is 6.79. The molecule has 2 aromatic rings. The van der Waals surface area contributed by atoms with Crippen LogP contribution in [-0.2, 0) is 13.1 Å². The van der Waals surface area contributed by atoms with Crippen molar-refractivity contribution in [2.75, 3.05) is 7.05 Å². The highest BCUT2D eigenvalue weighted by atomic mass is 19.1. The minimum atomic E-state index is -0.230. The number of nitrogens with zero attached hydrogens (tertiary/aromatic N) is 2. The number of benzene rings is 1. The number of rotatable bonds is 4. The lowest BCUT2D eigenvalue weighted by Crippen LogP contribution is -2.36. The Kier molecular flexibility index (Phi) is 5.26. The summed E-state index contributed by atoms with van der Waals surface area (Å²) in [4.78, 5) is 8.57. The van der Waals surface area contributed by atoms with E-state index in [-0.39, 0.29) is 5.82 Å². The summed E-state index contributed by atoms with van der Waals surface area (Å²) in [6.45, 7) is 3.15. The smallest absolute Gasteiger partial charge is 0.191 e. The van der Waals surface area contributed by atoms with Gasteiger partial charge in [0, 0.05) is 19.3 Å². The Morgan fingerprint density at radius 3 is 2.48 bits per heavy atom. The molecule has 0 saturated carbocycles. The van der Waals surface area contributed by atoms with Crippen LogP contribution in [0.15, 0.2) is 47.5 Å². The van der Waals surface area contributed by atoms with Crippen molar-refractivity contribution >= 4 is 5.96 Å². The summed E-state index contributed by atoms with van der Waals surface area (Å²) < 4.78 is 12.8. The molecule has 0 fully saturated rings. The SMILES string of the molecule is CN=C(NCc1ccc(F)cc1)NCc1cccc(C)n1. The summed E-state index contributed by atoms with van der Waals surface area (Å²) in [7, 11) is 1.71. The first-order chi connectivity index (χ1) is 10.2. The molecule has 0 radical (unpaired) electrons. The van der Waals surface area contributed by atoms with Crippen molar-refractivity contribution in [1.82, 2.24) is 15.6 Å². The lowest BCUT2D eigenvalue weighted by molar-refractivity contribution is 0.626. The number of halogens is 1. The van der Waals surface area contributed by atoms with Gasteiger partial charge in [-0.25, -0.2) is 4.39 Å². The maximum Gasteiger partial charge on any atom is 0.191 e. The van der Waals surface area contributed by atoms with Crippen molar-refractivity contribution in [3.63, 3.8) is 0 Å². The zero-order valence-corrected chi connectivity index (χ0v) is 12.2. The molecule has 0 unspecified atom stereocenters. The second-order valence-electron chi connectivity index (χ2n) is 4.68. The van der Waals surface area contributed by atoms with Gasteiger partial charge in [-0.05, 0) is 36.8 Å². The Bertz CT molecular complexity index is 608. The molecule has 0 aliphatic heterocycles. The zero-order valence-electron chi connectivity index (χ0n) is 12.2. The van der Waals surface area contributed by atoms with Gasteiger partial charge in [0.05, 0.1) is 12.2 Å². The maximum atomic E-state index is 12.8. The van der Waals surface area contributed by atoms with Gasteiger partial charge in [-0.1, -0.05) is 18.2 Å². The van der Waals surface area contributed by atoms with Crippen molar-refractivity contribution < 1.29 is 4.39 Å². The number of hydrogen-bond acceptors (Lipinski definition) is 2. The van der Waals surface area contributed by atoms with E-state index in [2.05, 4.69) is 20.6 Å². The minimum absolute atomic E-state index is 0.230. The van der Waals surface area contributed by atoms with Gasteiger partial charge < -0.3 is 10.6 Å². The molecule has 4 nitrogen and oxygen atoms in total. The quantitative estimate of drug-likeness (QED) is 0.670. The highest BCUT2D eigenvalue weighted by Gasteiger charge is 2.00. The van der Waals surface area contributed by atoms with Crippen LogP contribution in [0, 0.1) is 12.7 Å². The van der Waals surface area contributed by atoms with Crippen LogP contribution < -0.4 is 10.6 Å². The van der Waals surface area contributed by atoms with Gasteiger partial charge in [0.15, 0.2) is 5.96 Å². The molecular formula is C16H19FN4. The molecule has 0 spiro atoms. The van der Waals surface area contributed by atoms with Crippen LogP contribution in [0.1, 0.15) is 17.0 Å². The van der Waals surface area contributed by atoms with Crippen molar-refractivity contribution in [3.8, 4) is 0 Å². The minimum Gasteiger partial charge on any atom is -0.352 e. The number of aromatic nitrogens is 1. The summed E-state index contributed by atoms with van der Waals surface area (Å²) in [6.07, 6.45) is 0. The van der Waals surface area contributed by atoms with Gasteiger partial charge in [0.1, 0.15) is 5.82 Å². The molecule has 1 aromatic heterocycles. The van der Waals surface area contributed by atoms with E-state index in [1.807, 2.05) is 25.1 Å². The third-order valence-corrected chi connectivity index (χ3v) is 2.98. The van der Waals surface area contributed by atoms with E-state index in [0.717, 1.165) is 17.0 Å². The average Bonchev–Trinajstić information content (AvgIpc) is 2.49. The summed E-state index contributed by atoms with van der Waals surface area (Å²) in [5, 5.41) is 6.38. The van der Waals surface area contributed by atoms with Crippen LogP contribution in [0.4, 0.5) is 4.39 Å². The Hall–Kier alpha value is -2.43. The van der Waals surface area contributed by atoms with Gasteiger partial charge >= 0.3 is 0 Å². The highest BCUT2D eigenvalue weighted by Crippen LogP contribution is 2.02. The van der Waals surface area contributed by atoms with Crippen molar-refractivity contribution in [3.05, 3.63) is 65.2 Å². The molecule has 0 saturated heterocycles. The second kappa shape index (κ2) is 7.38. The highest BCUT2D eigenvalue weighted by molar-refractivity contribution is 5.79. The fraction of sp³-hybridized carbons (Fsp3) is 0.250. The second-order valence-corrected chi connectivity index (χ2v) is 4.68. The summed E-state index contributed by atoms with van der Waals surface area (Å²) in [6, 6.07) is 12.3. The topological polar surface area (TPSA) is 49.3 Å². The number of guanidine groups is 1. The average molecular weight is 286 g/mol. The van der Waals surface area contributed by atoms with E-state index in [4.69, 9.17) is 0 Å². The van der Waals surface area contributed by atoms with Crippen LogP contribution in [0.2, 0.25) is 0 Å². The molecule has 0 aliphatic rings. The maximum absolute atomic E-state index is 12.8. The van der Waals surface area contributed by atoms with Crippen LogP contribution in [-0.4, -0.2) is 18.0 Å². The van der Waals surface area contributed by atoms with E-state index < -0.39 is 0 Å². The standard InChI is InChI=1S/C16H19FN4/c1-12-4-3-5-15(21-12)11-20-16(18-2)19-10-13-6-8-14(17)9-7-13/h3-9H,10-11H2,1-2H3,(H2,18,19,20). The van der Waals surface area contributed by atoms with Crippen LogP contribution in [0.25, 0.3) is 0 Å². The van der Waals surface area contributed by atoms with E-state index in [0.29, 0.717) is 19.0 Å². The van der Waals surface area contributed by atoms with Crippen molar-refractivity contribution in [2.45, 2.75) is 20.0 Å². The fourth-order valence-electron chi connectivity index (χ4n) is 1.88. The Morgan fingerprint density at radius 2 is 1.81 bits per heavy atom. The predicted octanol–water partition coefficient (Wildman–Crippen LogP) is 2.39. The largest absolute Gasteiger partial charge is 0.352 e. The van der Waals surface area contributed by atoms with Crippen LogP contribution >= 0.6 is 0 Å². The van der Waals surface area contributed by atoms with Crippen LogP contribution in [0.3, 0.4) is 0 Å². The lowest BCUT2D eigenvalue weighted by Gasteiger charge is -2.12. The molecule has 1 heterocycles. The Morgan fingerprint density at radius 1 is 1.10 bits per heavy atom. The predicted molar refractivity (Wildman–Crippen MR) is 82.4 cm³/mol. The van der Waals surface area contributed by atoms with E-state index in [9.17, 15) is 4.39 Å². The molecule has 0 bridgehead atoms. The monoisotopic (exact) mass is 286 g/mol. The third-order valence-electron chi connectivity index (χ3n) is 2.98. The van der Waals surface area contributed by atoms with Crippen molar-refractivity contribution in [1.29, 1.82) is 0 Å². The molecule has 21 heavy (non-hydrogen) atoms. The normalized spacial score (nSPS) is 11.3. The van der Waals surface area contributed by atoms with Gasteiger partial charge in [0.2, 0.25) is 0 Å². The molecule has 0 atom stereocenters. The molecule has 2 rings (SSSR count). The van der Waals surface area contributed by atoms with E-state index in [1.54, 1.807) is 19.2 Å². The number of pyridine rings is 1. The molecule has 5 heteroatoms. The summed E-state index contributed by atoms with van der Waals surface area (Å²) >= 11 is 0. The van der Waals surface area contributed by atoms with Gasteiger partial charge in [-0.15, -0.1) is 0 Å². The lowest BCUT2D eigenvalue weighted by atomic mass is 10.2. The molecule has 0 amide bonds. The van der Waals surface area contributed by atoms with Gasteiger partial charge in [0.25, 0.3) is 0 Å². The van der Waals surface area contributed by atoms with Gasteiger partial charge in [-0.3, -0.25) is 9.98 Å².